The highest BCUT2D eigenvalue weighted by Crippen LogP contribution is 2.33. The number of amides is 2. The number of carbonyl (C=O) groups excluding carboxylic acids is 1. The molecule has 1 aliphatic rings. The largest absolute Gasteiger partial charge is 0.334 e. The maximum atomic E-state index is 13.0. The number of urea groups is 1. The number of hydrogen-bond donors (Lipinski definition) is 2. The molecule has 2 N–H and O–H groups in total. The average molecular weight is 345 g/mol. The monoisotopic (exact) mass is 345 g/mol. The van der Waals surface area contributed by atoms with Crippen LogP contribution in [0.25, 0.3) is 0 Å². The van der Waals surface area contributed by atoms with Gasteiger partial charge in [-0.1, -0.05) is 12.8 Å². The third-order valence-corrected chi connectivity index (χ3v) is 4.83. The van der Waals surface area contributed by atoms with Gasteiger partial charge >= 0.3 is 6.03 Å². The Morgan fingerprint density at radius 2 is 2.24 bits per heavy atom. The Bertz CT molecular complexity index is 674. The van der Waals surface area contributed by atoms with Crippen molar-refractivity contribution in [1.29, 1.82) is 0 Å². The molecule has 8 nitrogen and oxygen atoms in total. The number of rotatable bonds is 4. The fourth-order valence-corrected chi connectivity index (χ4v) is 3.65. The Hall–Kier alpha value is -2.38. The van der Waals surface area contributed by atoms with Crippen LogP contribution in [0.4, 0.5) is 4.79 Å². The molecule has 0 spiro atoms. The number of hydrogen-bond acceptors (Lipinski definition) is 4. The van der Waals surface area contributed by atoms with Crippen molar-refractivity contribution in [2.75, 3.05) is 6.54 Å². The number of aromatic amines is 1. The van der Waals surface area contributed by atoms with Gasteiger partial charge in [0.25, 0.3) is 0 Å². The summed E-state index contributed by atoms with van der Waals surface area (Å²) in [4.78, 5) is 18.9. The van der Waals surface area contributed by atoms with Crippen LogP contribution < -0.4 is 5.32 Å². The van der Waals surface area contributed by atoms with E-state index in [0.717, 1.165) is 43.6 Å². The molecule has 3 rings (SSSR count). The maximum Gasteiger partial charge on any atom is 0.318 e. The van der Waals surface area contributed by atoms with E-state index in [1.165, 1.54) is 11.9 Å². The number of H-pyrrole nitrogens is 1. The van der Waals surface area contributed by atoms with Crippen LogP contribution in [-0.4, -0.2) is 48.5 Å². The van der Waals surface area contributed by atoms with Crippen LogP contribution in [0.2, 0.25) is 0 Å². The molecule has 136 valence electrons. The highest BCUT2D eigenvalue weighted by Gasteiger charge is 2.30. The minimum atomic E-state index is -0.0235. The first kappa shape index (κ1) is 17.4. The SMILES string of the molecule is Cc1n[nH]c(C)c1[C@@H]1CCCCCN1C(=O)N[C@@H](C)Cn1cncn1. The molecule has 2 atom stereocenters. The number of nitrogens with one attached hydrogen (secondary N) is 2. The average Bonchev–Trinajstić information content (AvgIpc) is 3.11. The molecule has 3 heterocycles. The van der Waals surface area contributed by atoms with Crippen LogP contribution in [0, 0.1) is 13.8 Å². The summed E-state index contributed by atoms with van der Waals surface area (Å²) in [6, 6.07) is 0.0454. The highest BCUT2D eigenvalue weighted by molar-refractivity contribution is 5.75. The van der Waals surface area contributed by atoms with Crippen molar-refractivity contribution in [3.8, 4) is 0 Å². The summed E-state index contributed by atoms with van der Waals surface area (Å²) in [5.41, 5.74) is 3.21. The molecule has 1 fully saturated rings. The van der Waals surface area contributed by atoms with E-state index >= 15 is 0 Å². The molecule has 2 amide bonds. The van der Waals surface area contributed by atoms with E-state index < -0.39 is 0 Å². The molecular formula is C17H27N7O. The third kappa shape index (κ3) is 4.00. The second kappa shape index (κ2) is 7.67. The van der Waals surface area contributed by atoms with Crippen LogP contribution >= 0.6 is 0 Å². The molecule has 1 saturated heterocycles. The molecule has 2 aromatic rings. The normalized spacial score (nSPS) is 19.5. The van der Waals surface area contributed by atoms with Gasteiger partial charge in [0, 0.05) is 23.8 Å². The van der Waals surface area contributed by atoms with Crippen molar-refractivity contribution < 1.29 is 4.79 Å². The van der Waals surface area contributed by atoms with Crippen molar-refractivity contribution in [3.63, 3.8) is 0 Å². The fraction of sp³-hybridized carbons (Fsp3) is 0.647. The Morgan fingerprint density at radius 3 is 2.92 bits per heavy atom. The Kier molecular flexibility index (Phi) is 5.35. The van der Waals surface area contributed by atoms with Gasteiger partial charge in [0.1, 0.15) is 12.7 Å². The van der Waals surface area contributed by atoms with Gasteiger partial charge in [0.2, 0.25) is 0 Å². The number of aryl methyl sites for hydroxylation is 2. The fourth-order valence-electron chi connectivity index (χ4n) is 3.65. The number of likely N-dealkylation sites (tertiary alicyclic amines) is 1. The van der Waals surface area contributed by atoms with E-state index in [-0.39, 0.29) is 18.1 Å². The standard InChI is InChI=1S/C17H27N7O/c1-12(9-23-11-18-10-19-23)20-17(25)24-8-6-4-5-7-15(24)16-13(2)21-22-14(16)3/h10-12,15H,4-9H2,1-3H3,(H,20,25)(H,21,22)/t12-,15-/m0/s1. The van der Waals surface area contributed by atoms with Crippen molar-refractivity contribution in [2.45, 2.75) is 65.1 Å². The summed E-state index contributed by atoms with van der Waals surface area (Å²) >= 11 is 0. The van der Waals surface area contributed by atoms with Gasteiger partial charge in [-0.15, -0.1) is 0 Å². The molecule has 1 aliphatic heterocycles. The van der Waals surface area contributed by atoms with Gasteiger partial charge in [-0.25, -0.2) is 9.78 Å². The van der Waals surface area contributed by atoms with Crippen LogP contribution in [-0.2, 0) is 6.54 Å². The van der Waals surface area contributed by atoms with E-state index in [1.807, 2.05) is 25.7 Å². The van der Waals surface area contributed by atoms with Crippen molar-refractivity contribution >= 4 is 6.03 Å². The lowest BCUT2D eigenvalue weighted by molar-refractivity contribution is 0.171. The molecule has 25 heavy (non-hydrogen) atoms. The van der Waals surface area contributed by atoms with Gasteiger partial charge in [0.15, 0.2) is 0 Å². The predicted molar refractivity (Wildman–Crippen MR) is 94.0 cm³/mol. The number of carbonyl (C=O) groups is 1. The van der Waals surface area contributed by atoms with E-state index in [0.29, 0.717) is 6.54 Å². The van der Waals surface area contributed by atoms with Crippen molar-refractivity contribution in [1.82, 2.24) is 35.2 Å². The summed E-state index contributed by atoms with van der Waals surface area (Å²) in [6.07, 6.45) is 7.47. The molecular weight excluding hydrogens is 318 g/mol. The maximum absolute atomic E-state index is 13.0. The first-order valence-corrected chi connectivity index (χ1v) is 8.97. The molecule has 8 heteroatoms. The predicted octanol–water partition coefficient (Wildman–Crippen LogP) is 2.33. The van der Waals surface area contributed by atoms with Gasteiger partial charge in [-0.2, -0.15) is 10.2 Å². The van der Waals surface area contributed by atoms with Gasteiger partial charge in [-0.05, 0) is 33.6 Å². The second-order valence-corrected chi connectivity index (χ2v) is 6.87. The summed E-state index contributed by atoms with van der Waals surface area (Å²) in [5.74, 6) is 0. The van der Waals surface area contributed by atoms with Gasteiger partial charge in [-0.3, -0.25) is 9.78 Å². The molecule has 0 saturated carbocycles. The Morgan fingerprint density at radius 1 is 1.40 bits per heavy atom. The highest BCUT2D eigenvalue weighted by atomic mass is 16.2. The zero-order valence-corrected chi connectivity index (χ0v) is 15.2. The zero-order chi connectivity index (χ0) is 17.8. The molecule has 0 radical (unpaired) electrons. The quantitative estimate of drug-likeness (QED) is 0.889. The van der Waals surface area contributed by atoms with Crippen LogP contribution in [0.3, 0.4) is 0 Å². The lowest BCUT2D eigenvalue weighted by Crippen LogP contribution is -2.46. The minimum absolute atomic E-state index is 0.0143. The molecule has 0 aromatic carbocycles. The second-order valence-electron chi connectivity index (χ2n) is 6.87. The Labute approximate surface area is 148 Å². The first-order chi connectivity index (χ1) is 12.1. The van der Waals surface area contributed by atoms with Crippen LogP contribution in [0.15, 0.2) is 12.7 Å². The van der Waals surface area contributed by atoms with Gasteiger partial charge in [0.05, 0.1) is 18.3 Å². The molecule has 0 aliphatic carbocycles. The molecule has 0 unspecified atom stereocenters. The lowest BCUT2D eigenvalue weighted by Gasteiger charge is -2.32. The first-order valence-electron chi connectivity index (χ1n) is 8.97. The van der Waals surface area contributed by atoms with Gasteiger partial charge < -0.3 is 10.2 Å². The van der Waals surface area contributed by atoms with E-state index in [4.69, 9.17) is 0 Å². The van der Waals surface area contributed by atoms with Crippen LogP contribution in [0.1, 0.15) is 55.6 Å². The number of aromatic nitrogens is 5. The summed E-state index contributed by atoms with van der Waals surface area (Å²) < 4.78 is 1.73. The Balaban J connectivity index is 1.73. The van der Waals surface area contributed by atoms with E-state index in [1.54, 1.807) is 11.0 Å². The minimum Gasteiger partial charge on any atom is -0.334 e. The smallest absolute Gasteiger partial charge is 0.318 e. The van der Waals surface area contributed by atoms with Crippen molar-refractivity contribution in [3.05, 3.63) is 29.6 Å². The lowest BCUT2D eigenvalue weighted by atomic mass is 9.99. The summed E-state index contributed by atoms with van der Waals surface area (Å²) in [6.45, 7) is 7.40. The van der Waals surface area contributed by atoms with Crippen molar-refractivity contribution in [2.24, 2.45) is 0 Å². The zero-order valence-electron chi connectivity index (χ0n) is 15.2. The molecule has 2 aromatic heterocycles. The van der Waals surface area contributed by atoms with Crippen LogP contribution in [0.5, 0.6) is 0 Å². The summed E-state index contributed by atoms with van der Waals surface area (Å²) in [7, 11) is 0. The topological polar surface area (TPSA) is 91.7 Å². The van der Waals surface area contributed by atoms with E-state index in [9.17, 15) is 4.79 Å². The third-order valence-electron chi connectivity index (χ3n) is 4.83. The number of nitrogens with zero attached hydrogens (tertiary/aromatic N) is 5. The summed E-state index contributed by atoms with van der Waals surface area (Å²) in [5, 5.41) is 14.6. The molecule has 0 bridgehead atoms. The van der Waals surface area contributed by atoms with E-state index in [2.05, 4.69) is 25.6 Å².